The zero-order valence-electron chi connectivity index (χ0n) is 7.07. The molecule has 0 atom stereocenters. The Labute approximate surface area is 78.8 Å². The zero-order valence-corrected chi connectivity index (χ0v) is 7.07. The number of rotatable bonds is 2. The lowest BCUT2D eigenvalue weighted by Gasteiger charge is -1.97. The highest BCUT2D eigenvalue weighted by Gasteiger charge is 2.15. The second-order valence-electron chi connectivity index (χ2n) is 2.66. The van der Waals surface area contributed by atoms with Crippen LogP contribution in [0.5, 0.6) is 0 Å². The number of nitrogens with one attached hydrogen (secondary N) is 1. The van der Waals surface area contributed by atoms with Gasteiger partial charge in [0.05, 0.1) is 11.8 Å². The van der Waals surface area contributed by atoms with Crippen LogP contribution in [-0.4, -0.2) is 21.2 Å². The zero-order chi connectivity index (χ0) is 9.97. The molecule has 0 aliphatic rings. The fourth-order valence-electron chi connectivity index (χ4n) is 1.09. The van der Waals surface area contributed by atoms with Gasteiger partial charge in [-0.2, -0.15) is 15.4 Å². The van der Waals surface area contributed by atoms with Crippen LogP contribution < -0.4 is 0 Å². The van der Waals surface area contributed by atoms with Crippen molar-refractivity contribution in [2.45, 2.75) is 0 Å². The summed E-state index contributed by atoms with van der Waals surface area (Å²) >= 11 is 0. The number of H-pyrrole nitrogens is 1. The van der Waals surface area contributed by atoms with Gasteiger partial charge < -0.3 is 0 Å². The highest BCUT2D eigenvalue weighted by atomic mass is 19.1. The summed E-state index contributed by atoms with van der Waals surface area (Å²) in [5, 5.41) is 9.36. The smallest absolute Gasteiger partial charge is 0.217 e. The molecule has 0 radical (unpaired) electrons. The Bertz CT molecular complexity index is 453. The molecule has 14 heavy (non-hydrogen) atoms. The minimum atomic E-state index is -0.555. The molecular formula is C9H6FN3O. The summed E-state index contributed by atoms with van der Waals surface area (Å²) in [6.45, 7) is 0. The SMILES string of the molecule is O=C(c1cn[nH]n1)c1ccccc1F. The van der Waals surface area contributed by atoms with E-state index in [0.29, 0.717) is 0 Å². The van der Waals surface area contributed by atoms with Gasteiger partial charge in [0.2, 0.25) is 5.78 Å². The lowest BCUT2D eigenvalue weighted by molar-refractivity contribution is 0.103. The maximum atomic E-state index is 13.2. The van der Waals surface area contributed by atoms with Gasteiger partial charge in [0, 0.05) is 0 Å². The van der Waals surface area contributed by atoms with E-state index in [1.807, 2.05) is 0 Å². The van der Waals surface area contributed by atoms with E-state index < -0.39 is 11.6 Å². The topological polar surface area (TPSA) is 58.6 Å². The second-order valence-corrected chi connectivity index (χ2v) is 2.66. The molecule has 0 aliphatic carbocycles. The molecule has 0 unspecified atom stereocenters. The second kappa shape index (κ2) is 3.37. The number of aromatic nitrogens is 3. The molecular weight excluding hydrogens is 185 g/mol. The van der Waals surface area contributed by atoms with Crippen LogP contribution in [0.2, 0.25) is 0 Å². The number of carbonyl (C=O) groups is 1. The highest BCUT2D eigenvalue weighted by molar-refractivity contribution is 6.07. The van der Waals surface area contributed by atoms with Gasteiger partial charge in [0.15, 0.2) is 5.69 Å². The first-order chi connectivity index (χ1) is 6.79. The highest BCUT2D eigenvalue weighted by Crippen LogP contribution is 2.10. The molecule has 1 aromatic heterocycles. The van der Waals surface area contributed by atoms with Crippen molar-refractivity contribution in [3.8, 4) is 0 Å². The van der Waals surface area contributed by atoms with Gasteiger partial charge in [-0.25, -0.2) is 4.39 Å². The molecule has 2 rings (SSSR count). The van der Waals surface area contributed by atoms with Crippen molar-refractivity contribution in [3.63, 3.8) is 0 Å². The van der Waals surface area contributed by atoms with Gasteiger partial charge in [-0.05, 0) is 12.1 Å². The quantitative estimate of drug-likeness (QED) is 0.725. The molecule has 70 valence electrons. The number of benzene rings is 1. The number of aromatic amines is 1. The molecule has 1 N–H and O–H groups in total. The Hall–Kier alpha value is -2.04. The first kappa shape index (κ1) is 8.55. The van der Waals surface area contributed by atoms with Crippen molar-refractivity contribution >= 4 is 5.78 Å². The first-order valence-corrected chi connectivity index (χ1v) is 3.94. The Morgan fingerprint density at radius 1 is 1.36 bits per heavy atom. The number of carbonyl (C=O) groups excluding carboxylic acids is 1. The third-order valence-electron chi connectivity index (χ3n) is 1.77. The van der Waals surface area contributed by atoms with E-state index in [1.165, 1.54) is 24.4 Å². The van der Waals surface area contributed by atoms with Crippen molar-refractivity contribution in [2.75, 3.05) is 0 Å². The number of ketones is 1. The monoisotopic (exact) mass is 191 g/mol. The minimum absolute atomic E-state index is 0.00130. The van der Waals surface area contributed by atoms with Crippen LogP contribution in [0.25, 0.3) is 0 Å². The third-order valence-corrected chi connectivity index (χ3v) is 1.77. The lowest BCUT2D eigenvalue weighted by Crippen LogP contribution is -2.04. The van der Waals surface area contributed by atoms with Crippen molar-refractivity contribution in [1.82, 2.24) is 15.4 Å². The van der Waals surface area contributed by atoms with Gasteiger partial charge in [0.25, 0.3) is 0 Å². The standard InChI is InChI=1S/C9H6FN3O/c10-7-4-2-1-3-6(7)9(14)8-5-11-13-12-8/h1-5H,(H,11,12,13). The van der Waals surface area contributed by atoms with E-state index in [0.717, 1.165) is 0 Å². The fourth-order valence-corrected chi connectivity index (χ4v) is 1.09. The molecule has 0 saturated heterocycles. The molecule has 1 heterocycles. The van der Waals surface area contributed by atoms with Crippen LogP contribution in [0.1, 0.15) is 16.1 Å². The summed E-state index contributed by atoms with van der Waals surface area (Å²) < 4.78 is 13.2. The van der Waals surface area contributed by atoms with Crippen molar-refractivity contribution < 1.29 is 9.18 Å². The summed E-state index contributed by atoms with van der Waals surface area (Å²) in [6.07, 6.45) is 1.26. The first-order valence-electron chi connectivity index (χ1n) is 3.94. The average Bonchev–Trinajstić information content (AvgIpc) is 2.70. The molecule has 0 aliphatic heterocycles. The van der Waals surface area contributed by atoms with Crippen LogP contribution in [-0.2, 0) is 0 Å². The molecule has 5 heteroatoms. The number of hydrogen-bond acceptors (Lipinski definition) is 3. The molecule has 4 nitrogen and oxygen atoms in total. The maximum absolute atomic E-state index is 13.2. The summed E-state index contributed by atoms with van der Waals surface area (Å²) in [4.78, 5) is 11.6. The minimum Gasteiger partial charge on any atom is -0.287 e. The summed E-state index contributed by atoms with van der Waals surface area (Å²) in [5.41, 5.74) is 0.108. The van der Waals surface area contributed by atoms with Crippen molar-refractivity contribution in [3.05, 3.63) is 47.5 Å². The Balaban J connectivity index is 2.42. The normalized spacial score (nSPS) is 10.1. The van der Waals surface area contributed by atoms with E-state index in [1.54, 1.807) is 6.07 Å². The molecule has 0 bridgehead atoms. The van der Waals surface area contributed by atoms with E-state index >= 15 is 0 Å². The van der Waals surface area contributed by atoms with E-state index in [4.69, 9.17) is 0 Å². The molecule has 0 fully saturated rings. The summed E-state index contributed by atoms with van der Waals surface area (Å²) in [6, 6.07) is 5.75. The Kier molecular flexibility index (Phi) is 2.06. The third kappa shape index (κ3) is 1.39. The number of hydrogen-bond donors (Lipinski definition) is 1. The lowest BCUT2D eigenvalue weighted by atomic mass is 10.1. The van der Waals surface area contributed by atoms with Crippen LogP contribution in [0.3, 0.4) is 0 Å². The summed E-state index contributed by atoms with van der Waals surface area (Å²) in [5.74, 6) is -1.03. The van der Waals surface area contributed by atoms with Crippen LogP contribution in [0.15, 0.2) is 30.5 Å². The van der Waals surface area contributed by atoms with Gasteiger partial charge >= 0.3 is 0 Å². The Morgan fingerprint density at radius 3 is 2.79 bits per heavy atom. The predicted octanol–water partition coefficient (Wildman–Crippen LogP) is 1.17. The van der Waals surface area contributed by atoms with Gasteiger partial charge in [-0.3, -0.25) is 4.79 Å². The molecule has 1 aromatic carbocycles. The van der Waals surface area contributed by atoms with E-state index in [-0.39, 0.29) is 11.3 Å². The maximum Gasteiger partial charge on any atom is 0.217 e. The summed E-state index contributed by atoms with van der Waals surface area (Å²) in [7, 11) is 0. The largest absolute Gasteiger partial charge is 0.287 e. The van der Waals surface area contributed by atoms with Crippen LogP contribution in [0.4, 0.5) is 4.39 Å². The van der Waals surface area contributed by atoms with Gasteiger partial charge in [-0.15, -0.1) is 0 Å². The molecule has 0 spiro atoms. The number of nitrogens with zero attached hydrogens (tertiary/aromatic N) is 2. The predicted molar refractivity (Wildman–Crippen MR) is 46.2 cm³/mol. The van der Waals surface area contributed by atoms with Crippen LogP contribution >= 0.6 is 0 Å². The average molecular weight is 191 g/mol. The molecule has 2 aromatic rings. The van der Waals surface area contributed by atoms with E-state index in [9.17, 15) is 9.18 Å². The van der Waals surface area contributed by atoms with Crippen molar-refractivity contribution in [2.24, 2.45) is 0 Å². The Morgan fingerprint density at radius 2 is 2.14 bits per heavy atom. The van der Waals surface area contributed by atoms with Crippen molar-refractivity contribution in [1.29, 1.82) is 0 Å². The van der Waals surface area contributed by atoms with E-state index in [2.05, 4.69) is 15.4 Å². The number of halogens is 1. The van der Waals surface area contributed by atoms with Gasteiger partial charge in [-0.1, -0.05) is 12.1 Å². The van der Waals surface area contributed by atoms with Gasteiger partial charge in [0.1, 0.15) is 5.82 Å². The molecule has 0 amide bonds. The molecule has 0 saturated carbocycles. The fraction of sp³-hybridized carbons (Fsp3) is 0. The van der Waals surface area contributed by atoms with Crippen LogP contribution in [0, 0.1) is 5.82 Å².